The van der Waals surface area contributed by atoms with Crippen LogP contribution in [-0.4, -0.2) is 0 Å². The molecule has 0 bridgehead atoms. The maximum Gasteiger partial charge on any atom is 0.171 e. The molecule has 0 saturated carbocycles. The first kappa shape index (κ1) is 6.27. The molecule has 0 amide bonds. The Morgan fingerprint density at radius 3 is 1.89 bits per heavy atom. The van der Waals surface area contributed by atoms with Gasteiger partial charge in [-0.25, -0.2) is 4.57 Å². The summed E-state index contributed by atoms with van der Waals surface area (Å²) >= 11 is 0. The third-order valence-electron chi connectivity index (χ3n) is 1.27. The summed E-state index contributed by atoms with van der Waals surface area (Å²) in [7, 11) is 2.04. The lowest BCUT2D eigenvalue weighted by molar-refractivity contribution is -0.672. The van der Waals surface area contributed by atoms with Gasteiger partial charge in [-0.05, 0) is 19.9 Å². The van der Waals surface area contributed by atoms with Crippen LogP contribution in [0.15, 0.2) is 18.5 Å². The Hall–Kier alpha value is -0.850. The molecule has 0 aromatic carbocycles. The number of pyridine rings is 1. The van der Waals surface area contributed by atoms with Crippen molar-refractivity contribution in [2.24, 2.45) is 7.05 Å². The highest BCUT2D eigenvalue weighted by molar-refractivity contribution is 5.11. The molecule has 0 N–H and O–H groups in total. The van der Waals surface area contributed by atoms with Crippen molar-refractivity contribution in [3.05, 3.63) is 29.6 Å². The Labute approximate surface area is 56.0 Å². The zero-order valence-corrected chi connectivity index (χ0v) is 6.18. The Balaban J connectivity index is 3.17. The van der Waals surface area contributed by atoms with E-state index in [0.717, 1.165) is 0 Å². The molecule has 0 unspecified atom stereocenters. The zero-order valence-electron chi connectivity index (χ0n) is 6.18. The average molecular weight is 122 g/mol. The van der Waals surface area contributed by atoms with E-state index in [1.165, 1.54) is 11.1 Å². The summed E-state index contributed by atoms with van der Waals surface area (Å²) in [5, 5.41) is 0. The lowest BCUT2D eigenvalue weighted by Crippen LogP contribution is -2.27. The molecule has 9 heavy (non-hydrogen) atoms. The van der Waals surface area contributed by atoms with Crippen LogP contribution in [0.3, 0.4) is 0 Å². The van der Waals surface area contributed by atoms with Gasteiger partial charge in [0.15, 0.2) is 12.4 Å². The summed E-state index contributed by atoms with van der Waals surface area (Å²) in [6.45, 7) is 4.21. The molecule has 0 saturated heterocycles. The van der Waals surface area contributed by atoms with E-state index < -0.39 is 0 Å². The van der Waals surface area contributed by atoms with Crippen LogP contribution >= 0.6 is 0 Å². The second-order valence-electron chi connectivity index (χ2n) is 2.56. The fraction of sp³-hybridized carbons (Fsp3) is 0.375. The monoisotopic (exact) mass is 122 g/mol. The van der Waals surface area contributed by atoms with E-state index in [4.69, 9.17) is 0 Å². The van der Waals surface area contributed by atoms with Crippen LogP contribution in [-0.2, 0) is 7.05 Å². The first-order valence-electron chi connectivity index (χ1n) is 3.12. The number of rotatable bonds is 0. The van der Waals surface area contributed by atoms with Crippen molar-refractivity contribution in [3.8, 4) is 0 Å². The molecular formula is C8H12N+. The summed E-state index contributed by atoms with van der Waals surface area (Å²) in [5.41, 5.74) is 2.63. The molecule has 0 aliphatic carbocycles. The minimum atomic E-state index is 1.32. The number of aromatic nitrogens is 1. The van der Waals surface area contributed by atoms with Crippen molar-refractivity contribution < 1.29 is 4.57 Å². The summed E-state index contributed by atoms with van der Waals surface area (Å²) in [4.78, 5) is 0. The van der Waals surface area contributed by atoms with Gasteiger partial charge in [-0.15, -0.1) is 0 Å². The average Bonchev–Trinajstić information content (AvgIpc) is 1.59. The number of nitrogens with zero attached hydrogens (tertiary/aromatic N) is 1. The molecule has 1 aromatic rings. The van der Waals surface area contributed by atoms with Gasteiger partial charge in [-0.3, -0.25) is 0 Å². The van der Waals surface area contributed by atoms with Gasteiger partial charge in [0.1, 0.15) is 7.05 Å². The predicted octanol–water partition coefficient (Wildman–Crippen LogP) is 1.13. The fourth-order valence-corrected chi connectivity index (χ4v) is 1.11. The quantitative estimate of drug-likeness (QED) is 0.454. The maximum absolute atomic E-state index is 2.17. The van der Waals surface area contributed by atoms with E-state index in [2.05, 4.69) is 36.9 Å². The predicted molar refractivity (Wildman–Crippen MR) is 37.1 cm³/mol. The minimum Gasteiger partial charge on any atom is -0.207 e. The molecule has 1 heteroatoms. The van der Waals surface area contributed by atoms with Gasteiger partial charge in [0, 0.05) is 11.1 Å². The molecule has 48 valence electrons. The normalized spacial score (nSPS) is 9.67. The zero-order chi connectivity index (χ0) is 6.85. The van der Waals surface area contributed by atoms with Crippen LogP contribution in [0.4, 0.5) is 0 Å². The summed E-state index contributed by atoms with van der Waals surface area (Å²) < 4.78 is 2.07. The highest BCUT2D eigenvalue weighted by atomic mass is 14.9. The first-order valence-corrected chi connectivity index (χ1v) is 3.12. The van der Waals surface area contributed by atoms with E-state index in [-0.39, 0.29) is 0 Å². The molecule has 0 aliphatic heterocycles. The smallest absolute Gasteiger partial charge is 0.171 e. The van der Waals surface area contributed by atoms with Gasteiger partial charge >= 0.3 is 0 Å². The molecule has 1 nitrogen and oxygen atoms in total. The van der Waals surface area contributed by atoms with Crippen molar-refractivity contribution in [1.82, 2.24) is 0 Å². The van der Waals surface area contributed by atoms with Gasteiger partial charge in [0.25, 0.3) is 0 Å². The van der Waals surface area contributed by atoms with Crippen molar-refractivity contribution in [3.63, 3.8) is 0 Å². The number of hydrogen-bond acceptors (Lipinski definition) is 0. The van der Waals surface area contributed by atoms with Crippen molar-refractivity contribution in [1.29, 1.82) is 0 Å². The van der Waals surface area contributed by atoms with Crippen molar-refractivity contribution >= 4 is 0 Å². The highest BCUT2D eigenvalue weighted by Gasteiger charge is 1.93. The molecule has 0 aliphatic rings. The molecule has 0 fully saturated rings. The molecule has 1 aromatic heterocycles. The molecule has 0 spiro atoms. The number of aryl methyl sites for hydroxylation is 3. The van der Waals surface area contributed by atoms with E-state index in [9.17, 15) is 0 Å². The van der Waals surface area contributed by atoms with Crippen molar-refractivity contribution in [2.75, 3.05) is 0 Å². The molecule has 1 rings (SSSR count). The summed E-state index contributed by atoms with van der Waals surface area (Å²) in [6, 6.07) is 2.17. The molecule has 0 radical (unpaired) electrons. The fourth-order valence-electron chi connectivity index (χ4n) is 1.11. The van der Waals surface area contributed by atoms with Crippen LogP contribution in [0.2, 0.25) is 0 Å². The maximum atomic E-state index is 2.17. The lowest BCUT2D eigenvalue weighted by Gasteiger charge is -1.91. The third kappa shape index (κ3) is 1.53. The van der Waals surface area contributed by atoms with Gasteiger partial charge < -0.3 is 0 Å². The van der Waals surface area contributed by atoms with E-state index in [1.807, 2.05) is 7.05 Å². The van der Waals surface area contributed by atoms with Gasteiger partial charge in [0.2, 0.25) is 0 Å². The SMILES string of the molecule is Cc1cc(C)c[n+](C)c1. The molecular weight excluding hydrogens is 110 g/mol. The van der Waals surface area contributed by atoms with Crippen LogP contribution in [0.5, 0.6) is 0 Å². The summed E-state index contributed by atoms with van der Waals surface area (Å²) in [5.74, 6) is 0. The second-order valence-corrected chi connectivity index (χ2v) is 2.56. The van der Waals surface area contributed by atoms with Crippen LogP contribution in [0.1, 0.15) is 11.1 Å². The molecule has 0 atom stereocenters. The van der Waals surface area contributed by atoms with E-state index in [0.29, 0.717) is 0 Å². The lowest BCUT2D eigenvalue weighted by atomic mass is 10.2. The first-order chi connectivity index (χ1) is 4.18. The second kappa shape index (κ2) is 2.18. The van der Waals surface area contributed by atoms with Gasteiger partial charge in [-0.1, -0.05) is 0 Å². The van der Waals surface area contributed by atoms with E-state index >= 15 is 0 Å². The third-order valence-corrected chi connectivity index (χ3v) is 1.27. The van der Waals surface area contributed by atoms with Crippen LogP contribution in [0.25, 0.3) is 0 Å². The minimum absolute atomic E-state index is 1.32. The van der Waals surface area contributed by atoms with Crippen molar-refractivity contribution in [2.45, 2.75) is 13.8 Å². The van der Waals surface area contributed by atoms with E-state index in [1.54, 1.807) is 0 Å². The molecule has 1 heterocycles. The Morgan fingerprint density at radius 1 is 1.11 bits per heavy atom. The highest BCUT2D eigenvalue weighted by Crippen LogP contribution is 1.95. The Kier molecular flexibility index (Phi) is 1.52. The number of hydrogen-bond donors (Lipinski definition) is 0. The van der Waals surface area contributed by atoms with Crippen LogP contribution < -0.4 is 4.57 Å². The Morgan fingerprint density at radius 2 is 1.56 bits per heavy atom. The summed E-state index contributed by atoms with van der Waals surface area (Å²) in [6.07, 6.45) is 4.21. The largest absolute Gasteiger partial charge is 0.207 e. The standard InChI is InChI=1S/C8H12N/c1-7-4-8(2)6-9(3)5-7/h4-6H,1-3H3/q+1. The van der Waals surface area contributed by atoms with Gasteiger partial charge in [0.05, 0.1) is 0 Å². The van der Waals surface area contributed by atoms with Gasteiger partial charge in [-0.2, -0.15) is 0 Å². The van der Waals surface area contributed by atoms with Crippen LogP contribution in [0, 0.1) is 13.8 Å². The Bertz CT molecular complexity index is 165. The topological polar surface area (TPSA) is 3.88 Å².